The van der Waals surface area contributed by atoms with Crippen molar-refractivity contribution in [2.45, 2.75) is 17.9 Å². The maximum absolute atomic E-state index is 11.7. The van der Waals surface area contributed by atoms with Crippen LogP contribution < -0.4 is 0 Å². The van der Waals surface area contributed by atoms with Crippen molar-refractivity contribution in [3.8, 4) is 0 Å². The first kappa shape index (κ1) is 10.7. The van der Waals surface area contributed by atoms with Gasteiger partial charge in [-0.2, -0.15) is 13.2 Å². The Morgan fingerprint density at radius 3 is 2.36 bits per heavy atom. The Morgan fingerprint density at radius 1 is 1.64 bits per heavy atom. The van der Waals surface area contributed by atoms with Crippen LogP contribution in [0.5, 0.6) is 0 Å². The molecular weight excluding hydrogens is 229 g/mol. The quantitative estimate of drug-likeness (QED) is 0.539. The van der Waals surface area contributed by atoms with Crippen LogP contribution in [0.15, 0.2) is 0 Å². The Balaban J connectivity index is 3.70. The zero-order valence-electron chi connectivity index (χ0n) is 5.61. The minimum atomic E-state index is -4.37. The number of rotatable bonds is 2. The number of hydrogen-bond acceptors (Lipinski definition) is 2. The lowest BCUT2D eigenvalue weighted by atomic mass is 10.4. The van der Waals surface area contributed by atoms with Gasteiger partial charge in [-0.3, -0.25) is 4.79 Å². The fourth-order valence-electron chi connectivity index (χ4n) is 0.285. The number of hydrogen-bond donors (Lipinski definition) is 0. The van der Waals surface area contributed by atoms with Crippen LogP contribution in [-0.4, -0.2) is 23.6 Å². The van der Waals surface area contributed by atoms with Gasteiger partial charge in [0.15, 0.2) is 0 Å². The van der Waals surface area contributed by atoms with Crippen molar-refractivity contribution in [2.24, 2.45) is 0 Å². The van der Waals surface area contributed by atoms with Crippen molar-refractivity contribution >= 4 is 21.9 Å². The highest BCUT2D eigenvalue weighted by Gasteiger charge is 2.38. The first-order valence-electron chi connectivity index (χ1n) is 2.68. The second-order valence-electron chi connectivity index (χ2n) is 1.81. The Morgan fingerprint density at radius 2 is 2.09 bits per heavy atom. The summed E-state index contributed by atoms with van der Waals surface area (Å²) in [6.07, 6.45) is -4.37. The molecule has 0 aromatic heterocycles. The van der Waals surface area contributed by atoms with Gasteiger partial charge in [-0.25, -0.2) is 0 Å². The average molecular weight is 235 g/mol. The van der Waals surface area contributed by atoms with Gasteiger partial charge >= 0.3 is 12.1 Å². The fourth-order valence-corrected chi connectivity index (χ4v) is 0.417. The number of ether oxygens (including phenoxy) is 1. The van der Waals surface area contributed by atoms with E-state index in [9.17, 15) is 18.0 Å². The van der Waals surface area contributed by atoms with E-state index in [2.05, 4.69) is 20.7 Å². The summed E-state index contributed by atoms with van der Waals surface area (Å²) in [5.74, 6) is -0.723. The normalized spacial score (nSPS) is 14.3. The highest BCUT2D eigenvalue weighted by molar-refractivity contribution is 9.09. The van der Waals surface area contributed by atoms with E-state index in [-0.39, 0.29) is 0 Å². The molecule has 0 amide bonds. The third-order valence-corrected chi connectivity index (χ3v) is 1.57. The molecule has 0 fully saturated rings. The van der Waals surface area contributed by atoms with Gasteiger partial charge in [0.25, 0.3) is 0 Å². The van der Waals surface area contributed by atoms with Crippen LogP contribution >= 0.6 is 15.9 Å². The number of esters is 1. The van der Waals surface area contributed by atoms with Crippen molar-refractivity contribution in [1.29, 1.82) is 0 Å². The summed E-state index contributed by atoms with van der Waals surface area (Å²) in [5.41, 5.74) is 0. The van der Waals surface area contributed by atoms with Crippen LogP contribution in [-0.2, 0) is 9.53 Å². The second kappa shape index (κ2) is 3.94. The molecule has 0 heterocycles. The zero-order chi connectivity index (χ0) is 9.07. The monoisotopic (exact) mass is 234 g/mol. The maximum atomic E-state index is 11.7. The predicted molar refractivity (Wildman–Crippen MR) is 35.4 cm³/mol. The smallest absolute Gasteiger partial charge is 0.404 e. The fraction of sp³-hybridized carbons (Fsp3) is 0.800. The van der Waals surface area contributed by atoms with E-state index in [1.165, 1.54) is 0 Å². The lowest BCUT2D eigenvalue weighted by molar-refractivity contribution is -0.153. The van der Waals surface area contributed by atoms with Crippen LogP contribution in [0.2, 0.25) is 0 Å². The lowest BCUT2D eigenvalue weighted by Gasteiger charge is -2.12. The predicted octanol–water partition coefficient (Wildman–Crippen LogP) is 1.88. The van der Waals surface area contributed by atoms with Gasteiger partial charge in [-0.1, -0.05) is 15.9 Å². The van der Waals surface area contributed by atoms with E-state index in [1.54, 1.807) is 0 Å². The largest absolute Gasteiger partial charge is 0.464 e. The van der Waals surface area contributed by atoms with E-state index in [0.29, 0.717) is 0 Å². The second-order valence-corrected chi connectivity index (χ2v) is 2.92. The number of alkyl halides is 4. The molecule has 0 saturated heterocycles. The summed E-state index contributed by atoms with van der Waals surface area (Å²) >= 11 is 2.32. The van der Waals surface area contributed by atoms with E-state index in [0.717, 1.165) is 6.92 Å². The van der Waals surface area contributed by atoms with E-state index in [4.69, 9.17) is 0 Å². The third kappa shape index (κ3) is 5.06. The Labute approximate surface area is 69.8 Å². The minimum absolute atomic E-state index is 0.682. The van der Waals surface area contributed by atoms with Crippen LogP contribution in [0.3, 0.4) is 0 Å². The minimum Gasteiger partial charge on any atom is -0.464 e. The van der Waals surface area contributed by atoms with Crippen LogP contribution in [0, 0.1) is 0 Å². The Hall–Kier alpha value is -0.260. The van der Waals surface area contributed by atoms with Gasteiger partial charge in [-0.05, 0) is 0 Å². The van der Waals surface area contributed by atoms with Gasteiger partial charge in [-0.15, -0.1) is 0 Å². The van der Waals surface area contributed by atoms with Gasteiger partial charge in [0.2, 0.25) is 0 Å². The van der Waals surface area contributed by atoms with Crippen LogP contribution in [0.1, 0.15) is 6.92 Å². The number of carbonyl (C=O) groups is 1. The highest BCUT2D eigenvalue weighted by Crippen LogP contribution is 2.26. The molecule has 1 atom stereocenters. The Kier molecular flexibility index (Phi) is 3.85. The standard InChI is InChI=1S/C5H6BrF3O2/c1-3(10)11-2-4(6)5(7,8)9/h4H,2H2,1H3. The molecule has 6 heteroatoms. The molecule has 0 bridgehead atoms. The molecule has 0 aliphatic heterocycles. The summed E-state index contributed by atoms with van der Waals surface area (Å²) in [6, 6.07) is 0. The summed E-state index contributed by atoms with van der Waals surface area (Å²) in [4.78, 5) is 8.29. The molecule has 0 spiro atoms. The van der Waals surface area contributed by atoms with Gasteiger partial charge in [0, 0.05) is 6.92 Å². The van der Waals surface area contributed by atoms with E-state index >= 15 is 0 Å². The van der Waals surface area contributed by atoms with E-state index < -0.39 is 23.6 Å². The summed E-state index contributed by atoms with van der Waals surface area (Å²) in [5, 5.41) is 0. The van der Waals surface area contributed by atoms with Crippen molar-refractivity contribution in [2.75, 3.05) is 6.61 Å². The molecule has 0 aromatic carbocycles. The lowest BCUT2D eigenvalue weighted by Crippen LogP contribution is -2.28. The first-order chi connectivity index (χ1) is 4.84. The molecular formula is C5H6BrF3O2. The van der Waals surface area contributed by atoms with Crippen molar-refractivity contribution in [3.63, 3.8) is 0 Å². The Bertz CT molecular complexity index is 145. The van der Waals surface area contributed by atoms with Gasteiger partial charge in [0.05, 0.1) is 0 Å². The van der Waals surface area contributed by atoms with Crippen molar-refractivity contribution in [3.05, 3.63) is 0 Å². The van der Waals surface area contributed by atoms with E-state index in [1.807, 2.05) is 0 Å². The van der Waals surface area contributed by atoms with Crippen LogP contribution in [0.25, 0.3) is 0 Å². The topological polar surface area (TPSA) is 26.3 Å². The zero-order valence-corrected chi connectivity index (χ0v) is 7.20. The first-order valence-corrected chi connectivity index (χ1v) is 3.59. The molecule has 66 valence electrons. The molecule has 1 unspecified atom stereocenters. The molecule has 0 aliphatic rings. The number of halogens is 4. The van der Waals surface area contributed by atoms with Crippen molar-refractivity contribution in [1.82, 2.24) is 0 Å². The van der Waals surface area contributed by atoms with Gasteiger partial charge < -0.3 is 4.74 Å². The van der Waals surface area contributed by atoms with Crippen LogP contribution in [0.4, 0.5) is 13.2 Å². The molecule has 0 rings (SSSR count). The summed E-state index contributed by atoms with van der Waals surface area (Å²) < 4.78 is 39.1. The molecule has 0 radical (unpaired) electrons. The average Bonchev–Trinajstić information content (AvgIpc) is 1.80. The molecule has 0 N–H and O–H groups in total. The number of carbonyl (C=O) groups excluding carboxylic acids is 1. The summed E-state index contributed by atoms with van der Waals surface area (Å²) in [7, 11) is 0. The summed E-state index contributed by atoms with van der Waals surface area (Å²) in [6.45, 7) is 0.370. The molecule has 11 heavy (non-hydrogen) atoms. The van der Waals surface area contributed by atoms with Gasteiger partial charge in [0.1, 0.15) is 11.4 Å². The SMILES string of the molecule is CC(=O)OCC(Br)C(F)(F)F. The molecule has 2 nitrogen and oxygen atoms in total. The highest BCUT2D eigenvalue weighted by atomic mass is 79.9. The molecule has 0 aliphatic carbocycles. The molecule has 0 aromatic rings. The van der Waals surface area contributed by atoms with Crippen molar-refractivity contribution < 1.29 is 22.7 Å². The third-order valence-electron chi connectivity index (χ3n) is 0.788. The molecule has 0 saturated carbocycles. The maximum Gasteiger partial charge on any atom is 0.404 e.